The van der Waals surface area contributed by atoms with E-state index in [0.29, 0.717) is 13.1 Å². The molecule has 0 atom stereocenters. The summed E-state index contributed by atoms with van der Waals surface area (Å²) in [6.45, 7) is 6.89. The number of carbonyl (C=O) groups is 1. The van der Waals surface area contributed by atoms with E-state index in [1.54, 1.807) is 11.0 Å². The number of amides is 2. The van der Waals surface area contributed by atoms with Gasteiger partial charge in [0, 0.05) is 38.8 Å². The van der Waals surface area contributed by atoms with Crippen molar-refractivity contribution < 1.29 is 14.3 Å². The minimum atomic E-state index is -0.216. The van der Waals surface area contributed by atoms with Crippen LogP contribution < -0.4 is 5.32 Å². The maximum absolute atomic E-state index is 12.9. The van der Waals surface area contributed by atoms with E-state index in [1.807, 2.05) is 12.1 Å². The van der Waals surface area contributed by atoms with E-state index in [0.717, 1.165) is 38.0 Å². The van der Waals surface area contributed by atoms with Gasteiger partial charge in [-0.05, 0) is 30.5 Å². The Morgan fingerprint density at radius 1 is 1.38 bits per heavy atom. The quantitative estimate of drug-likeness (QED) is 0.749. The van der Waals surface area contributed by atoms with Crippen molar-refractivity contribution in [2.75, 3.05) is 32.8 Å². The number of aliphatic hydroxyl groups is 1. The predicted octanol–water partition coefficient (Wildman–Crippen LogP) is 1.98. The summed E-state index contributed by atoms with van der Waals surface area (Å²) in [6.07, 6.45) is 3.42. The van der Waals surface area contributed by atoms with Gasteiger partial charge in [0.2, 0.25) is 0 Å². The Hall–Kier alpha value is -1.92. The molecule has 0 aromatic heterocycles. The lowest BCUT2D eigenvalue weighted by molar-refractivity contribution is 0.162. The zero-order chi connectivity index (χ0) is 17.4. The second-order valence-electron chi connectivity index (χ2n) is 6.08. The fraction of sp³-hybridized carbons (Fsp3) is 0.500. The fourth-order valence-corrected chi connectivity index (χ4v) is 2.90. The smallest absolute Gasteiger partial charge is 0.317 e. The Morgan fingerprint density at radius 2 is 2.04 bits per heavy atom. The average Bonchev–Trinajstić information content (AvgIpc) is 2.58. The molecule has 6 heteroatoms. The highest BCUT2D eigenvalue weighted by Crippen LogP contribution is 2.14. The molecule has 2 rings (SSSR count). The number of piperidine rings is 1. The summed E-state index contributed by atoms with van der Waals surface area (Å²) in [5, 5.41) is 12.1. The summed E-state index contributed by atoms with van der Waals surface area (Å²) in [5.41, 5.74) is 1.10. The van der Waals surface area contributed by atoms with Crippen LogP contribution in [0.25, 0.3) is 0 Å². The van der Waals surface area contributed by atoms with E-state index in [-0.39, 0.29) is 24.5 Å². The molecule has 1 saturated heterocycles. The van der Waals surface area contributed by atoms with Crippen molar-refractivity contribution in [2.24, 2.45) is 0 Å². The van der Waals surface area contributed by atoms with Gasteiger partial charge in [0.05, 0.1) is 6.61 Å². The molecular weight excluding hydrogens is 309 g/mol. The third-order valence-electron chi connectivity index (χ3n) is 4.24. The Labute approximate surface area is 142 Å². The lowest BCUT2D eigenvalue weighted by Gasteiger charge is -2.33. The molecule has 1 aromatic carbocycles. The number of urea groups is 1. The molecule has 1 aliphatic heterocycles. The van der Waals surface area contributed by atoms with Crippen molar-refractivity contribution in [3.8, 4) is 0 Å². The zero-order valence-corrected chi connectivity index (χ0v) is 14.0. The summed E-state index contributed by atoms with van der Waals surface area (Å²) >= 11 is 0. The summed E-state index contributed by atoms with van der Waals surface area (Å²) < 4.78 is 12.9. The van der Waals surface area contributed by atoms with Crippen LogP contribution in [0.5, 0.6) is 0 Å². The molecule has 24 heavy (non-hydrogen) atoms. The van der Waals surface area contributed by atoms with E-state index in [1.165, 1.54) is 12.1 Å². The molecule has 132 valence electrons. The molecule has 1 aromatic rings. The first-order valence-corrected chi connectivity index (χ1v) is 8.36. The van der Waals surface area contributed by atoms with Gasteiger partial charge in [0.1, 0.15) is 5.82 Å². The van der Waals surface area contributed by atoms with Gasteiger partial charge in [0.25, 0.3) is 0 Å². The Balaban J connectivity index is 1.76. The van der Waals surface area contributed by atoms with Crippen molar-refractivity contribution in [3.63, 3.8) is 0 Å². The molecule has 1 aliphatic rings. The number of aliphatic hydroxyl groups excluding tert-OH is 1. The highest BCUT2D eigenvalue weighted by atomic mass is 19.1. The first kappa shape index (κ1) is 18.4. The molecule has 5 nitrogen and oxygen atoms in total. The fourth-order valence-electron chi connectivity index (χ4n) is 2.90. The standard InChI is InChI=1S/C18H26FN3O2/c1-2-9-22(12-13-23)18(24)20-17-7-10-21(11-8-17)14-15-3-5-16(19)6-4-15/h2-6,17,23H,1,7-14H2,(H,20,24). The van der Waals surface area contributed by atoms with Gasteiger partial charge >= 0.3 is 6.03 Å². The number of rotatable bonds is 7. The van der Waals surface area contributed by atoms with Crippen LogP contribution in [0.15, 0.2) is 36.9 Å². The van der Waals surface area contributed by atoms with Crippen molar-refractivity contribution >= 4 is 6.03 Å². The van der Waals surface area contributed by atoms with Gasteiger partial charge < -0.3 is 15.3 Å². The number of hydrogen-bond acceptors (Lipinski definition) is 3. The zero-order valence-electron chi connectivity index (χ0n) is 14.0. The molecular formula is C18H26FN3O2. The molecule has 2 amide bonds. The van der Waals surface area contributed by atoms with Crippen LogP contribution in [0.3, 0.4) is 0 Å². The topological polar surface area (TPSA) is 55.8 Å². The first-order chi connectivity index (χ1) is 11.6. The number of carbonyl (C=O) groups excluding carboxylic acids is 1. The van der Waals surface area contributed by atoms with Gasteiger partial charge in [-0.25, -0.2) is 9.18 Å². The lowest BCUT2D eigenvalue weighted by atomic mass is 10.0. The molecule has 2 N–H and O–H groups in total. The van der Waals surface area contributed by atoms with E-state index in [2.05, 4.69) is 16.8 Å². The minimum absolute atomic E-state index is 0.0582. The third-order valence-corrected chi connectivity index (χ3v) is 4.24. The highest BCUT2D eigenvalue weighted by molar-refractivity contribution is 5.74. The predicted molar refractivity (Wildman–Crippen MR) is 92.1 cm³/mol. The molecule has 0 spiro atoms. The second kappa shape index (κ2) is 9.39. The van der Waals surface area contributed by atoms with E-state index < -0.39 is 0 Å². The normalized spacial score (nSPS) is 15.9. The molecule has 0 bridgehead atoms. The van der Waals surface area contributed by atoms with Crippen LogP contribution in [0.1, 0.15) is 18.4 Å². The van der Waals surface area contributed by atoms with Crippen LogP contribution in [-0.4, -0.2) is 59.8 Å². The highest BCUT2D eigenvalue weighted by Gasteiger charge is 2.22. The largest absolute Gasteiger partial charge is 0.395 e. The van der Waals surface area contributed by atoms with Crippen LogP contribution in [0.4, 0.5) is 9.18 Å². The Kier molecular flexibility index (Phi) is 7.21. The molecule has 0 unspecified atom stereocenters. The Morgan fingerprint density at radius 3 is 2.62 bits per heavy atom. The van der Waals surface area contributed by atoms with Gasteiger partial charge in [-0.3, -0.25) is 4.90 Å². The lowest BCUT2D eigenvalue weighted by Crippen LogP contribution is -2.49. The average molecular weight is 335 g/mol. The minimum Gasteiger partial charge on any atom is -0.395 e. The van der Waals surface area contributed by atoms with Crippen LogP contribution in [0, 0.1) is 5.82 Å². The maximum Gasteiger partial charge on any atom is 0.317 e. The van der Waals surface area contributed by atoms with Crippen molar-refractivity contribution in [1.82, 2.24) is 15.1 Å². The molecule has 1 fully saturated rings. The number of nitrogens with one attached hydrogen (secondary N) is 1. The number of halogens is 1. The maximum atomic E-state index is 12.9. The van der Waals surface area contributed by atoms with E-state index >= 15 is 0 Å². The molecule has 1 heterocycles. The van der Waals surface area contributed by atoms with E-state index in [4.69, 9.17) is 5.11 Å². The number of nitrogens with zero attached hydrogens (tertiary/aromatic N) is 2. The summed E-state index contributed by atoms with van der Waals surface area (Å²) in [5.74, 6) is -0.216. The monoisotopic (exact) mass is 335 g/mol. The number of benzene rings is 1. The van der Waals surface area contributed by atoms with Gasteiger partial charge in [-0.1, -0.05) is 18.2 Å². The first-order valence-electron chi connectivity index (χ1n) is 8.36. The van der Waals surface area contributed by atoms with Gasteiger partial charge in [0.15, 0.2) is 0 Å². The molecule has 0 saturated carbocycles. The molecule has 0 radical (unpaired) electrons. The number of likely N-dealkylation sites (tertiary alicyclic amines) is 1. The third kappa shape index (κ3) is 5.62. The second-order valence-corrected chi connectivity index (χ2v) is 6.08. The van der Waals surface area contributed by atoms with Crippen molar-refractivity contribution in [2.45, 2.75) is 25.4 Å². The van der Waals surface area contributed by atoms with Gasteiger partial charge in [-0.15, -0.1) is 6.58 Å². The summed E-state index contributed by atoms with van der Waals surface area (Å²) in [4.78, 5) is 16.1. The Bertz CT molecular complexity index is 528. The van der Waals surface area contributed by atoms with Crippen LogP contribution in [-0.2, 0) is 6.54 Å². The van der Waals surface area contributed by atoms with Crippen molar-refractivity contribution in [1.29, 1.82) is 0 Å². The van der Waals surface area contributed by atoms with Gasteiger partial charge in [-0.2, -0.15) is 0 Å². The SMILES string of the molecule is C=CCN(CCO)C(=O)NC1CCN(Cc2ccc(F)cc2)CC1. The molecule has 0 aliphatic carbocycles. The van der Waals surface area contributed by atoms with Crippen LogP contribution >= 0.6 is 0 Å². The summed E-state index contributed by atoms with van der Waals surface area (Å²) in [6, 6.07) is 6.58. The van der Waals surface area contributed by atoms with Crippen LogP contribution in [0.2, 0.25) is 0 Å². The number of hydrogen-bond donors (Lipinski definition) is 2. The van der Waals surface area contributed by atoms with E-state index in [9.17, 15) is 9.18 Å². The van der Waals surface area contributed by atoms with Crippen molar-refractivity contribution in [3.05, 3.63) is 48.3 Å². The summed E-state index contributed by atoms with van der Waals surface area (Å²) in [7, 11) is 0.